The monoisotopic (exact) mass is 490 g/mol. The van der Waals surface area contributed by atoms with Crippen LogP contribution in [-0.2, 0) is 18.9 Å². The molecule has 2 saturated heterocycles. The zero-order valence-electron chi connectivity index (χ0n) is 21.3. The number of rotatable bonds is 12. The molecular formula is C30H34O6. The normalized spacial score (nSPS) is 24.1. The minimum Gasteiger partial charge on any atom is -0.465 e. The number of ether oxygens (including phenoxy) is 6. The molecule has 2 aliphatic rings. The SMILES string of the molecule is CC(OCC1OC1C)Oc1ccc(-c2ccc(-c3ccc(OC(C)OCC4OC4C)cc3)cc2)cc1. The predicted octanol–water partition coefficient (Wildman–Crippen LogP) is 6.08. The lowest BCUT2D eigenvalue weighted by Crippen LogP contribution is -2.19. The van der Waals surface area contributed by atoms with Crippen molar-refractivity contribution >= 4 is 0 Å². The van der Waals surface area contributed by atoms with Gasteiger partial charge >= 0.3 is 0 Å². The minimum absolute atomic E-state index is 0.201. The Hall–Kier alpha value is -2.90. The summed E-state index contributed by atoms with van der Waals surface area (Å²) >= 11 is 0. The van der Waals surface area contributed by atoms with Crippen LogP contribution in [0, 0.1) is 0 Å². The molecule has 0 aliphatic carbocycles. The Labute approximate surface area is 213 Å². The minimum atomic E-state index is -0.319. The first kappa shape index (κ1) is 24.8. The van der Waals surface area contributed by atoms with E-state index in [9.17, 15) is 0 Å². The maximum absolute atomic E-state index is 5.86. The van der Waals surface area contributed by atoms with Gasteiger partial charge in [0.2, 0.25) is 0 Å². The molecule has 0 radical (unpaired) electrons. The first-order valence-electron chi connectivity index (χ1n) is 12.6. The van der Waals surface area contributed by atoms with Crippen molar-refractivity contribution in [1.29, 1.82) is 0 Å². The van der Waals surface area contributed by atoms with E-state index in [1.165, 1.54) is 0 Å². The van der Waals surface area contributed by atoms with Gasteiger partial charge in [0.25, 0.3) is 0 Å². The fourth-order valence-corrected chi connectivity index (χ4v) is 4.03. The summed E-state index contributed by atoms with van der Waals surface area (Å²) in [4.78, 5) is 0. The van der Waals surface area contributed by atoms with Crippen molar-refractivity contribution in [3.63, 3.8) is 0 Å². The van der Waals surface area contributed by atoms with E-state index in [1.54, 1.807) is 0 Å². The number of benzene rings is 3. The van der Waals surface area contributed by atoms with E-state index >= 15 is 0 Å². The third kappa shape index (κ3) is 6.65. The van der Waals surface area contributed by atoms with Gasteiger partial charge in [0.1, 0.15) is 23.7 Å². The largest absolute Gasteiger partial charge is 0.465 e. The zero-order valence-corrected chi connectivity index (χ0v) is 21.3. The van der Waals surface area contributed by atoms with Gasteiger partial charge in [-0.25, -0.2) is 0 Å². The molecule has 0 bridgehead atoms. The molecular weight excluding hydrogens is 456 g/mol. The molecule has 2 fully saturated rings. The molecule has 2 heterocycles. The highest BCUT2D eigenvalue weighted by atomic mass is 16.7. The van der Waals surface area contributed by atoms with Gasteiger partial charge in [-0.3, -0.25) is 0 Å². The molecule has 2 aliphatic heterocycles. The Kier molecular flexibility index (Phi) is 7.58. The molecule has 0 saturated carbocycles. The number of hydrogen-bond donors (Lipinski definition) is 0. The smallest absolute Gasteiger partial charge is 0.197 e. The molecule has 3 aromatic carbocycles. The van der Waals surface area contributed by atoms with Crippen molar-refractivity contribution in [2.45, 2.75) is 64.7 Å². The number of hydrogen-bond acceptors (Lipinski definition) is 6. The fraction of sp³-hybridized carbons (Fsp3) is 0.400. The van der Waals surface area contributed by atoms with Crippen molar-refractivity contribution < 1.29 is 28.4 Å². The topological polar surface area (TPSA) is 62.0 Å². The molecule has 6 nitrogen and oxygen atoms in total. The summed E-state index contributed by atoms with van der Waals surface area (Å²) in [5.41, 5.74) is 4.56. The lowest BCUT2D eigenvalue weighted by atomic mass is 10.0. The van der Waals surface area contributed by atoms with Crippen LogP contribution >= 0.6 is 0 Å². The second-order valence-corrected chi connectivity index (χ2v) is 9.42. The van der Waals surface area contributed by atoms with Gasteiger partial charge in [-0.15, -0.1) is 0 Å². The maximum Gasteiger partial charge on any atom is 0.197 e. The van der Waals surface area contributed by atoms with Crippen molar-refractivity contribution in [3.8, 4) is 33.8 Å². The summed E-state index contributed by atoms with van der Waals surface area (Å²) in [5.74, 6) is 1.56. The molecule has 0 spiro atoms. The molecule has 0 amide bonds. The molecule has 0 aromatic heterocycles. The van der Waals surface area contributed by atoms with Crippen LogP contribution in [0.15, 0.2) is 72.8 Å². The first-order valence-corrected chi connectivity index (χ1v) is 12.6. The molecule has 3 aromatic rings. The van der Waals surface area contributed by atoms with Gasteiger partial charge in [-0.2, -0.15) is 0 Å². The summed E-state index contributed by atoms with van der Waals surface area (Å²) in [7, 11) is 0. The van der Waals surface area contributed by atoms with Crippen LogP contribution in [0.2, 0.25) is 0 Å². The Balaban J connectivity index is 1.12. The Morgan fingerprint density at radius 2 is 0.833 bits per heavy atom. The summed E-state index contributed by atoms with van der Waals surface area (Å²) in [6.07, 6.45) is 0.351. The van der Waals surface area contributed by atoms with Gasteiger partial charge in [0.15, 0.2) is 12.6 Å². The van der Waals surface area contributed by atoms with E-state index in [2.05, 4.69) is 48.5 Å². The van der Waals surface area contributed by atoms with Crippen molar-refractivity contribution in [3.05, 3.63) is 72.8 Å². The van der Waals surface area contributed by atoms with Crippen LogP contribution in [0.4, 0.5) is 0 Å². The third-order valence-electron chi connectivity index (χ3n) is 6.53. The average Bonchev–Trinajstić information content (AvgIpc) is 3.80. The van der Waals surface area contributed by atoms with Crippen LogP contribution in [0.1, 0.15) is 27.7 Å². The Morgan fingerprint density at radius 1 is 0.556 bits per heavy atom. The molecule has 6 heteroatoms. The van der Waals surface area contributed by atoms with Crippen LogP contribution in [0.5, 0.6) is 11.5 Å². The molecule has 190 valence electrons. The standard InChI is InChI=1S/C30H34O6/c1-19-29(33-19)17-31-21(3)35-27-13-9-25(10-14-27)23-5-7-24(8-6-23)26-11-15-28(16-12-26)36-22(4)32-18-30-20(2)34-30/h5-16,19-22,29-30H,17-18H2,1-4H3. The third-order valence-corrected chi connectivity index (χ3v) is 6.53. The van der Waals surface area contributed by atoms with E-state index < -0.39 is 0 Å². The fourth-order valence-electron chi connectivity index (χ4n) is 4.03. The van der Waals surface area contributed by atoms with Gasteiger partial charge in [0, 0.05) is 0 Å². The summed E-state index contributed by atoms with van der Waals surface area (Å²) in [6.45, 7) is 9.01. The second-order valence-electron chi connectivity index (χ2n) is 9.42. The highest BCUT2D eigenvalue weighted by Crippen LogP contribution is 2.28. The summed E-state index contributed by atoms with van der Waals surface area (Å²) < 4.78 is 33.8. The quantitative estimate of drug-likeness (QED) is 0.227. The van der Waals surface area contributed by atoms with Crippen LogP contribution in [0.25, 0.3) is 22.3 Å². The maximum atomic E-state index is 5.86. The van der Waals surface area contributed by atoms with Gasteiger partial charge in [0.05, 0.1) is 25.4 Å². The zero-order chi connectivity index (χ0) is 25.1. The van der Waals surface area contributed by atoms with E-state index in [4.69, 9.17) is 28.4 Å². The van der Waals surface area contributed by atoms with Crippen molar-refractivity contribution in [1.82, 2.24) is 0 Å². The van der Waals surface area contributed by atoms with Gasteiger partial charge in [-0.05, 0) is 74.2 Å². The van der Waals surface area contributed by atoms with Crippen LogP contribution in [0.3, 0.4) is 0 Å². The summed E-state index contributed by atoms with van der Waals surface area (Å²) in [6, 6.07) is 24.7. The number of epoxide rings is 2. The van der Waals surface area contributed by atoms with Gasteiger partial charge < -0.3 is 28.4 Å². The van der Waals surface area contributed by atoms with Crippen LogP contribution < -0.4 is 9.47 Å². The molecule has 5 rings (SSSR count). The lowest BCUT2D eigenvalue weighted by molar-refractivity contribution is -0.0712. The predicted molar refractivity (Wildman–Crippen MR) is 138 cm³/mol. The molecule has 6 atom stereocenters. The second kappa shape index (κ2) is 11.0. The van der Waals surface area contributed by atoms with E-state index in [0.717, 1.165) is 33.8 Å². The van der Waals surface area contributed by atoms with Gasteiger partial charge in [-0.1, -0.05) is 48.5 Å². The average molecular weight is 491 g/mol. The summed E-state index contributed by atoms with van der Waals surface area (Å²) in [5, 5.41) is 0. The van der Waals surface area contributed by atoms with E-state index in [-0.39, 0.29) is 24.8 Å². The Morgan fingerprint density at radius 3 is 1.11 bits per heavy atom. The van der Waals surface area contributed by atoms with E-state index in [0.29, 0.717) is 25.4 Å². The Bertz CT molecular complexity index is 1020. The van der Waals surface area contributed by atoms with E-state index in [1.807, 2.05) is 52.0 Å². The van der Waals surface area contributed by atoms with Crippen molar-refractivity contribution in [2.75, 3.05) is 13.2 Å². The molecule has 6 unspecified atom stereocenters. The highest BCUT2D eigenvalue weighted by Gasteiger charge is 2.35. The van der Waals surface area contributed by atoms with Crippen molar-refractivity contribution in [2.24, 2.45) is 0 Å². The molecule has 0 N–H and O–H groups in total. The van der Waals surface area contributed by atoms with Crippen LogP contribution in [-0.4, -0.2) is 50.2 Å². The first-order chi connectivity index (χ1) is 17.4. The molecule has 36 heavy (non-hydrogen) atoms. The highest BCUT2D eigenvalue weighted by molar-refractivity contribution is 5.71. The lowest BCUT2D eigenvalue weighted by Gasteiger charge is -2.15.